The highest BCUT2D eigenvalue weighted by Gasteiger charge is 2.32. The fourth-order valence-electron chi connectivity index (χ4n) is 3.55. The summed E-state index contributed by atoms with van der Waals surface area (Å²) in [5.41, 5.74) is 1.38. The van der Waals surface area contributed by atoms with Gasteiger partial charge >= 0.3 is 6.36 Å². The Balaban J connectivity index is 1.58. The number of ether oxygens (including phenoxy) is 4. The number of nitrogens with one attached hydrogen (secondary N) is 2. The lowest BCUT2D eigenvalue weighted by Gasteiger charge is -2.15. The van der Waals surface area contributed by atoms with Crippen molar-refractivity contribution in [1.82, 2.24) is 19.9 Å². The highest BCUT2D eigenvalue weighted by atomic mass is 19.4. The van der Waals surface area contributed by atoms with Crippen LogP contribution in [0.1, 0.15) is 5.56 Å². The molecule has 0 atom stereocenters. The number of rotatable bonds is 10. The number of para-hydroxylation sites is 1. The summed E-state index contributed by atoms with van der Waals surface area (Å²) < 4.78 is 58.6. The number of benzene rings is 2. The second kappa shape index (κ2) is 11.5. The number of anilines is 3. The summed E-state index contributed by atoms with van der Waals surface area (Å²) in [5.74, 6) is 1.88. The maximum atomic E-state index is 12.8. The molecule has 13 heteroatoms. The van der Waals surface area contributed by atoms with Crippen LogP contribution in [0.5, 0.6) is 23.0 Å². The minimum atomic E-state index is -4.81. The van der Waals surface area contributed by atoms with E-state index in [2.05, 4.69) is 35.3 Å². The number of hydrogen-bond donors (Lipinski definition) is 2. The molecule has 198 valence electrons. The lowest BCUT2D eigenvalue weighted by Crippen LogP contribution is -2.18. The Bertz CT molecular complexity index is 1380. The van der Waals surface area contributed by atoms with E-state index in [4.69, 9.17) is 14.2 Å². The summed E-state index contributed by atoms with van der Waals surface area (Å²) in [6, 6.07) is 12.7. The first-order chi connectivity index (χ1) is 18.3. The number of methoxy groups -OCH3 is 3. The summed E-state index contributed by atoms with van der Waals surface area (Å²) in [5, 5.41) is 6.12. The van der Waals surface area contributed by atoms with Crippen LogP contribution in [0.25, 0.3) is 11.4 Å². The highest BCUT2D eigenvalue weighted by molar-refractivity contribution is 5.71. The first kappa shape index (κ1) is 26.3. The highest BCUT2D eigenvalue weighted by Crippen LogP contribution is 2.40. The van der Waals surface area contributed by atoms with Crippen molar-refractivity contribution in [3.8, 4) is 34.4 Å². The van der Waals surface area contributed by atoms with Crippen LogP contribution in [0.15, 0.2) is 61.1 Å². The van der Waals surface area contributed by atoms with Crippen molar-refractivity contribution in [3.05, 3.63) is 66.6 Å². The van der Waals surface area contributed by atoms with Gasteiger partial charge in [-0.15, -0.1) is 13.2 Å². The van der Waals surface area contributed by atoms with E-state index in [0.29, 0.717) is 39.9 Å². The normalized spacial score (nSPS) is 11.0. The minimum Gasteiger partial charge on any atom is -0.493 e. The van der Waals surface area contributed by atoms with Gasteiger partial charge in [-0.2, -0.15) is 4.98 Å². The fourth-order valence-corrected chi connectivity index (χ4v) is 3.55. The van der Waals surface area contributed by atoms with Gasteiger partial charge in [0.1, 0.15) is 17.9 Å². The fraction of sp³-hybridized carbons (Fsp3) is 0.200. The molecule has 38 heavy (non-hydrogen) atoms. The molecule has 4 rings (SSSR count). The molecule has 0 radical (unpaired) electrons. The monoisotopic (exact) mass is 528 g/mol. The van der Waals surface area contributed by atoms with Gasteiger partial charge in [-0.3, -0.25) is 0 Å². The van der Waals surface area contributed by atoms with Crippen LogP contribution >= 0.6 is 0 Å². The molecule has 4 aromatic rings. The number of pyridine rings is 1. The first-order valence-electron chi connectivity index (χ1n) is 11.1. The van der Waals surface area contributed by atoms with E-state index >= 15 is 0 Å². The second-order valence-corrected chi connectivity index (χ2v) is 7.58. The molecule has 0 fully saturated rings. The quantitative estimate of drug-likeness (QED) is 0.284. The molecule has 0 aliphatic rings. The molecule has 2 N–H and O–H groups in total. The third-order valence-corrected chi connectivity index (χ3v) is 5.19. The van der Waals surface area contributed by atoms with Crippen molar-refractivity contribution in [2.45, 2.75) is 12.9 Å². The Morgan fingerprint density at radius 3 is 2.26 bits per heavy atom. The number of nitrogens with zero attached hydrogens (tertiary/aromatic N) is 4. The third kappa shape index (κ3) is 6.30. The molecule has 0 aliphatic heterocycles. The van der Waals surface area contributed by atoms with E-state index in [9.17, 15) is 13.2 Å². The largest absolute Gasteiger partial charge is 0.573 e. The van der Waals surface area contributed by atoms with Gasteiger partial charge in [-0.25, -0.2) is 15.0 Å². The maximum absolute atomic E-state index is 12.8. The van der Waals surface area contributed by atoms with Crippen molar-refractivity contribution in [1.29, 1.82) is 0 Å². The van der Waals surface area contributed by atoms with Crippen LogP contribution in [-0.4, -0.2) is 47.6 Å². The van der Waals surface area contributed by atoms with E-state index in [0.717, 1.165) is 0 Å². The first-order valence-corrected chi connectivity index (χ1v) is 11.1. The van der Waals surface area contributed by atoms with Gasteiger partial charge < -0.3 is 29.6 Å². The zero-order valence-corrected chi connectivity index (χ0v) is 20.5. The minimum absolute atomic E-state index is 0.0118. The molecule has 0 amide bonds. The maximum Gasteiger partial charge on any atom is 0.573 e. The molecule has 2 heterocycles. The SMILES string of the molecule is COc1cc(Nc2ncnc(-c3cccnc3NCc3ccccc3OC(F)(F)F)n2)cc(OC)c1OC. The third-order valence-electron chi connectivity index (χ3n) is 5.19. The Morgan fingerprint density at radius 1 is 0.842 bits per heavy atom. The standard InChI is InChI=1S/C25H23F3N6O4/c1-35-19-11-16(12-20(36-2)21(19)37-3)33-24-32-14-31-23(34-24)17-8-6-10-29-22(17)30-13-15-7-4-5-9-18(15)38-25(26,27)28/h4-12,14H,13H2,1-3H3,(H,29,30)(H,31,32,33,34). The average Bonchev–Trinajstić information content (AvgIpc) is 2.91. The Labute approximate surface area is 215 Å². The predicted octanol–water partition coefficient (Wildman–Crippen LogP) is 5.21. The Morgan fingerprint density at radius 2 is 1.58 bits per heavy atom. The molecule has 2 aromatic heterocycles. The van der Waals surface area contributed by atoms with Crippen molar-refractivity contribution in [2.24, 2.45) is 0 Å². The van der Waals surface area contributed by atoms with Gasteiger partial charge in [0.2, 0.25) is 11.7 Å². The summed E-state index contributed by atoms with van der Waals surface area (Å²) in [4.78, 5) is 17.2. The molecule has 0 bridgehead atoms. The lowest BCUT2D eigenvalue weighted by atomic mass is 10.2. The molecule has 2 aromatic carbocycles. The predicted molar refractivity (Wildman–Crippen MR) is 133 cm³/mol. The van der Waals surface area contributed by atoms with E-state index in [-0.39, 0.29) is 24.1 Å². The van der Waals surface area contributed by atoms with Crippen LogP contribution < -0.4 is 29.6 Å². The zero-order chi connectivity index (χ0) is 27.1. The van der Waals surface area contributed by atoms with Crippen molar-refractivity contribution >= 4 is 17.5 Å². The van der Waals surface area contributed by atoms with Gasteiger partial charge in [-0.1, -0.05) is 18.2 Å². The summed E-state index contributed by atoms with van der Waals surface area (Å²) in [6.45, 7) is 0.0118. The van der Waals surface area contributed by atoms with Crippen LogP contribution in [0.4, 0.5) is 30.6 Å². The molecule has 0 saturated heterocycles. The van der Waals surface area contributed by atoms with E-state index in [1.54, 1.807) is 36.5 Å². The van der Waals surface area contributed by atoms with Gasteiger partial charge in [0, 0.05) is 36.1 Å². The second-order valence-electron chi connectivity index (χ2n) is 7.58. The van der Waals surface area contributed by atoms with Crippen LogP contribution in [0.3, 0.4) is 0 Å². The van der Waals surface area contributed by atoms with Crippen molar-refractivity contribution in [3.63, 3.8) is 0 Å². The zero-order valence-electron chi connectivity index (χ0n) is 20.5. The van der Waals surface area contributed by atoms with Crippen LogP contribution in [0.2, 0.25) is 0 Å². The summed E-state index contributed by atoms with van der Waals surface area (Å²) in [7, 11) is 4.52. The number of alkyl halides is 3. The van der Waals surface area contributed by atoms with E-state index in [1.807, 2.05) is 0 Å². The van der Waals surface area contributed by atoms with Gasteiger partial charge in [0.25, 0.3) is 0 Å². The molecular formula is C25H23F3N6O4. The molecular weight excluding hydrogens is 505 g/mol. The van der Waals surface area contributed by atoms with Crippen molar-refractivity contribution in [2.75, 3.05) is 32.0 Å². The lowest BCUT2D eigenvalue weighted by molar-refractivity contribution is -0.274. The molecule has 0 saturated carbocycles. The molecule has 0 aliphatic carbocycles. The topological polar surface area (TPSA) is 113 Å². The molecule has 10 nitrogen and oxygen atoms in total. The Kier molecular flexibility index (Phi) is 7.94. The number of hydrogen-bond acceptors (Lipinski definition) is 10. The van der Waals surface area contributed by atoms with E-state index < -0.39 is 6.36 Å². The smallest absolute Gasteiger partial charge is 0.493 e. The van der Waals surface area contributed by atoms with Crippen LogP contribution in [0, 0.1) is 0 Å². The van der Waals surface area contributed by atoms with Gasteiger partial charge in [-0.05, 0) is 18.2 Å². The molecule has 0 spiro atoms. The van der Waals surface area contributed by atoms with E-state index in [1.165, 1.54) is 45.9 Å². The average molecular weight is 528 g/mol. The number of halogens is 3. The summed E-state index contributed by atoms with van der Waals surface area (Å²) >= 11 is 0. The Hall–Kier alpha value is -4.81. The van der Waals surface area contributed by atoms with Crippen LogP contribution in [-0.2, 0) is 6.54 Å². The summed E-state index contributed by atoms with van der Waals surface area (Å²) in [6.07, 6.45) is -1.94. The van der Waals surface area contributed by atoms with Crippen molar-refractivity contribution < 1.29 is 32.1 Å². The molecule has 0 unspecified atom stereocenters. The van der Waals surface area contributed by atoms with Gasteiger partial charge in [0.05, 0.1) is 26.9 Å². The number of aromatic nitrogens is 4. The van der Waals surface area contributed by atoms with Gasteiger partial charge in [0.15, 0.2) is 17.3 Å².